The molecule has 0 saturated carbocycles. The van der Waals surface area contributed by atoms with Crippen LogP contribution in [0.5, 0.6) is 0 Å². The van der Waals surface area contributed by atoms with E-state index in [0.717, 1.165) is 0 Å². The van der Waals surface area contributed by atoms with Gasteiger partial charge in [0.25, 0.3) is 0 Å². The van der Waals surface area contributed by atoms with Crippen molar-refractivity contribution in [2.75, 3.05) is 19.6 Å². The first-order valence-electron chi connectivity index (χ1n) is 7.18. The number of β-amino-alcohol motifs (C(OH)–C–C–N with tert-alkyl or cyclic N) is 1. The Hall–Kier alpha value is -1.30. The minimum absolute atomic E-state index is 0.0997. The van der Waals surface area contributed by atoms with Gasteiger partial charge in [-0.05, 0) is 11.8 Å². The number of likely N-dealkylation sites (tertiary alicyclic amines) is 1. The van der Waals surface area contributed by atoms with Gasteiger partial charge in [-0.25, -0.2) is 9.59 Å². The summed E-state index contributed by atoms with van der Waals surface area (Å²) in [7, 11) is 0. The molecule has 116 valence electrons. The lowest BCUT2D eigenvalue weighted by atomic mass is 10.1. The molecule has 0 spiro atoms. The summed E-state index contributed by atoms with van der Waals surface area (Å²) in [6, 6.07) is -1.20. The van der Waals surface area contributed by atoms with Crippen molar-refractivity contribution >= 4 is 12.0 Å². The molecule has 1 saturated heterocycles. The second-order valence-electron chi connectivity index (χ2n) is 6.37. The predicted octanol–water partition coefficient (Wildman–Crippen LogP) is 1.24. The maximum atomic E-state index is 12.6. The number of carbonyl (C=O) groups is 2. The van der Waals surface area contributed by atoms with Gasteiger partial charge >= 0.3 is 12.0 Å². The third-order valence-corrected chi connectivity index (χ3v) is 3.25. The van der Waals surface area contributed by atoms with Crippen LogP contribution >= 0.6 is 0 Å². The van der Waals surface area contributed by atoms with Gasteiger partial charge in [-0.2, -0.15) is 0 Å². The van der Waals surface area contributed by atoms with Gasteiger partial charge in [0.15, 0.2) is 0 Å². The van der Waals surface area contributed by atoms with Gasteiger partial charge in [-0.15, -0.1) is 0 Å². The number of carbonyl (C=O) groups excluding carboxylic acids is 1. The van der Waals surface area contributed by atoms with Crippen molar-refractivity contribution in [1.29, 1.82) is 0 Å². The van der Waals surface area contributed by atoms with Gasteiger partial charge < -0.3 is 20.0 Å². The molecule has 0 bridgehead atoms. The van der Waals surface area contributed by atoms with E-state index in [0.29, 0.717) is 24.9 Å². The Bertz CT molecular complexity index is 347. The molecule has 1 fully saturated rings. The van der Waals surface area contributed by atoms with Crippen molar-refractivity contribution in [2.45, 2.75) is 46.3 Å². The SMILES string of the molecule is CC(C)CN(CC(C)C)C(=O)N1CC(O)CC1C(=O)O. The van der Waals surface area contributed by atoms with Gasteiger partial charge in [0.1, 0.15) is 6.04 Å². The van der Waals surface area contributed by atoms with Gasteiger partial charge in [0.2, 0.25) is 0 Å². The van der Waals surface area contributed by atoms with Crippen molar-refractivity contribution in [3.63, 3.8) is 0 Å². The van der Waals surface area contributed by atoms with Crippen LogP contribution in [0.15, 0.2) is 0 Å². The van der Waals surface area contributed by atoms with E-state index in [-0.39, 0.29) is 19.0 Å². The standard InChI is InChI=1S/C14H26N2O4/c1-9(2)6-15(7-10(3)4)14(20)16-8-11(17)5-12(16)13(18)19/h9-12,17H,5-8H2,1-4H3,(H,18,19). The zero-order valence-corrected chi connectivity index (χ0v) is 12.7. The molecule has 0 aromatic carbocycles. The van der Waals surface area contributed by atoms with E-state index in [1.54, 1.807) is 4.90 Å². The lowest BCUT2D eigenvalue weighted by Crippen LogP contribution is -2.50. The largest absolute Gasteiger partial charge is 0.480 e. The van der Waals surface area contributed by atoms with Crippen molar-refractivity contribution in [2.24, 2.45) is 11.8 Å². The minimum Gasteiger partial charge on any atom is -0.480 e. The first-order chi connectivity index (χ1) is 9.22. The second-order valence-corrected chi connectivity index (χ2v) is 6.37. The lowest BCUT2D eigenvalue weighted by Gasteiger charge is -2.32. The fourth-order valence-corrected chi connectivity index (χ4v) is 2.55. The number of nitrogens with zero attached hydrogens (tertiary/aromatic N) is 2. The summed E-state index contributed by atoms with van der Waals surface area (Å²) in [6.07, 6.45) is -0.641. The maximum absolute atomic E-state index is 12.6. The van der Waals surface area contributed by atoms with Crippen LogP contribution in [0.25, 0.3) is 0 Å². The highest BCUT2D eigenvalue weighted by atomic mass is 16.4. The molecule has 0 radical (unpaired) electrons. The Morgan fingerprint density at radius 1 is 1.20 bits per heavy atom. The lowest BCUT2D eigenvalue weighted by molar-refractivity contribution is -0.141. The minimum atomic E-state index is -1.05. The number of aliphatic hydroxyl groups is 1. The van der Waals surface area contributed by atoms with Crippen LogP contribution in [0.1, 0.15) is 34.1 Å². The molecular weight excluding hydrogens is 260 g/mol. The molecular formula is C14H26N2O4. The molecule has 2 N–H and O–H groups in total. The molecule has 0 aromatic heterocycles. The molecule has 1 rings (SSSR count). The van der Waals surface area contributed by atoms with Crippen molar-refractivity contribution in [1.82, 2.24) is 9.80 Å². The van der Waals surface area contributed by atoms with Crippen molar-refractivity contribution in [3.05, 3.63) is 0 Å². The molecule has 1 aliphatic rings. The Morgan fingerprint density at radius 3 is 2.10 bits per heavy atom. The molecule has 2 unspecified atom stereocenters. The summed E-state index contributed by atoms with van der Waals surface area (Å²) in [6.45, 7) is 9.37. The van der Waals surface area contributed by atoms with Crippen LogP contribution in [-0.2, 0) is 4.79 Å². The van der Waals surface area contributed by atoms with Gasteiger partial charge in [-0.3, -0.25) is 0 Å². The van der Waals surface area contributed by atoms with Crippen LogP contribution in [0.2, 0.25) is 0 Å². The molecule has 1 aliphatic heterocycles. The zero-order chi connectivity index (χ0) is 15.4. The molecule has 2 amide bonds. The van der Waals surface area contributed by atoms with E-state index in [9.17, 15) is 19.8 Å². The summed E-state index contributed by atoms with van der Waals surface area (Å²) < 4.78 is 0. The molecule has 0 aromatic rings. The number of rotatable bonds is 5. The number of hydrogen-bond acceptors (Lipinski definition) is 3. The number of hydrogen-bond donors (Lipinski definition) is 2. The predicted molar refractivity (Wildman–Crippen MR) is 75.4 cm³/mol. The highest BCUT2D eigenvalue weighted by Gasteiger charge is 2.40. The van der Waals surface area contributed by atoms with E-state index in [2.05, 4.69) is 0 Å². The Labute approximate surface area is 120 Å². The topological polar surface area (TPSA) is 81.1 Å². The van der Waals surface area contributed by atoms with Crippen LogP contribution in [0.4, 0.5) is 4.79 Å². The van der Waals surface area contributed by atoms with Gasteiger partial charge in [0, 0.05) is 26.1 Å². The fourth-order valence-electron chi connectivity index (χ4n) is 2.55. The molecule has 6 nitrogen and oxygen atoms in total. The highest BCUT2D eigenvalue weighted by Crippen LogP contribution is 2.21. The van der Waals surface area contributed by atoms with E-state index >= 15 is 0 Å². The molecule has 20 heavy (non-hydrogen) atoms. The van der Waals surface area contributed by atoms with Crippen molar-refractivity contribution < 1.29 is 19.8 Å². The highest BCUT2D eigenvalue weighted by molar-refractivity contribution is 5.83. The molecule has 0 aliphatic carbocycles. The molecule has 6 heteroatoms. The van der Waals surface area contributed by atoms with Crippen LogP contribution in [-0.4, -0.2) is 63.8 Å². The second kappa shape index (κ2) is 6.92. The summed E-state index contributed by atoms with van der Waals surface area (Å²) in [5.74, 6) is -0.425. The van der Waals surface area contributed by atoms with Crippen molar-refractivity contribution in [3.8, 4) is 0 Å². The summed E-state index contributed by atoms with van der Waals surface area (Å²) >= 11 is 0. The monoisotopic (exact) mass is 286 g/mol. The Balaban J connectivity index is 2.84. The number of carboxylic acids is 1. The Morgan fingerprint density at radius 2 is 1.70 bits per heavy atom. The number of aliphatic carboxylic acids is 1. The number of amides is 2. The average molecular weight is 286 g/mol. The van der Waals surface area contributed by atoms with E-state index in [1.807, 2.05) is 27.7 Å². The van der Waals surface area contributed by atoms with Gasteiger partial charge in [-0.1, -0.05) is 27.7 Å². The summed E-state index contributed by atoms with van der Waals surface area (Å²) in [5, 5.41) is 18.8. The van der Waals surface area contributed by atoms with Crippen LogP contribution < -0.4 is 0 Å². The van der Waals surface area contributed by atoms with E-state index in [4.69, 9.17) is 0 Å². The normalized spacial score (nSPS) is 22.6. The van der Waals surface area contributed by atoms with E-state index < -0.39 is 18.1 Å². The number of urea groups is 1. The Kier molecular flexibility index (Phi) is 5.80. The summed E-state index contributed by atoms with van der Waals surface area (Å²) in [4.78, 5) is 26.7. The number of aliphatic hydroxyl groups excluding tert-OH is 1. The first kappa shape index (κ1) is 16.8. The zero-order valence-electron chi connectivity index (χ0n) is 12.7. The maximum Gasteiger partial charge on any atom is 0.326 e. The smallest absolute Gasteiger partial charge is 0.326 e. The number of carboxylic acid groups (broad SMARTS) is 1. The van der Waals surface area contributed by atoms with Crippen LogP contribution in [0, 0.1) is 11.8 Å². The fraction of sp³-hybridized carbons (Fsp3) is 0.857. The average Bonchev–Trinajstić information content (AvgIpc) is 2.68. The third-order valence-electron chi connectivity index (χ3n) is 3.25. The molecule has 1 heterocycles. The molecule has 2 atom stereocenters. The van der Waals surface area contributed by atoms with Crippen LogP contribution in [0.3, 0.4) is 0 Å². The first-order valence-corrected chi connectivity index (χ1v) is 7.18. The van der Waals surface area contributed by atoms with Gasteiger partial charge in [0.05, 0.1) is 6.10 Å². The van der Waals surface area contributed by atoms with E-state index in [1.165, 1.54) is 4.90 Å². The third kappa shape index (κ3) is 4.37. The summed E-state index contributed by atoms with van der Waals surface area (Å²) in [5.41, 5.74) is 0. The quantitative estimate of drug-likeness (QED) is 0.796.